The van der Waals surface area contributed by atoms with Gasteiger partial charge in [-0.05, 0) is 26.8 Å². The summed E-state index contributed by atoms with van der Waals surface area (Å²) >= 11 is 0. The third-order valence-electron chi connectivity index (χ3n) is 1.70. The van der Waals surface area contributed by atoms with Crippen LogP contribution in [0.4, 0.5) is 0 Å². The third kappa shape index (κ3) is 4.87. The van der Waals surface area contributed by atoms with E-state index in [0.29, 0.717) is 6.61 Å². The lowest BCUT2D eigenvalue weighted by molar-refractivity contribution is 0.290. The highest BCUT2D eigenvalue weighted by molar-refractivity contribution is 5.19. The van der Waals surface area contributed by atoms with Crippen LogP contribution in [0.5, 0.6) is 5.75 Å². The Hall–Kier alpha value is -1.02. The Kier molecular flexibility index (Phi) is 3.96. The lowest BCUT2D eigenvalue weighted by Gasteiger charge is -2.20. The van der Waals surface area contributed by atoms with Crippen molar-refractivity contribution in [2.45, 2.75) is 26.3 Å². The number of hydrogen-bond donors (Lipinski definition) is 1. The number of hydrogen-bond acceptors (Lipinski definition) is 2. The first-order valence-corrected chi connectivity index (χ1v) is 4.92. The molecule has 0 spiro atoms. The van der Waals surface area contributed by atoms with Crippen LogP contribution in [-0.2, 0) is 0 Å². The minimum Gasteiger partial charge on any atom is -0.492 e. The Bertz CT molecular complexity index is 251. The van der Waals surface area contributed by atoms with E-state index in [2.05, 4.69) is 32.2 Å². The van der Waals surface area contributed by atoms with E-state index in [-0.39, 0.29) is 5.54 Å². The van der Waals surface area contributed by atoms with Crippen molar-refractivity contribution >= 4 is 0 Å². The van der Waals surface area contributed by atoms with Gasteiger partial charge in [0.1, 0.15) is 12.4 Å². The second-order valence-corrected chi connectivity index (χ2v) is 4.25. The molecule has 1 N–H and O–H groups in total. The zero-order valence-corrected chi connectivity index (χ0v) is 9.13. The first kappa shape index (κ1) is 11.1. The van der Waals surface area contributed by atoms with Gasteiger partial charge in [-0.25, -0.2) is 0 Å². The van der Waals surface area contributed by atoms with E-state index in [1.165, 1.54) is 0 Å². The number of para-hydroxylation sites is 1. The summed E-state index contributed by atoms with van der Waals surface area (Å²) in [6.45, 7) is 7.95. The van der Waals surface area contributed by atoms with Crippen molar-refractivity contribution in [2.24, 2.45) is 0 Å². The topological polar surface area (TPSA) is 21.3 Å². The molecule has 0 saturated heterocycles. The molecule has 0 unspecified atom stereocenters. The fraction of sp³-hybridized carbons (Fsp3) is 0.500. The molecule has 0 saturated carbocycles. The first-order chi connectivity index (χ1) is 6.58. The van der Waals surface area contributed by atoms with Crippen molar-refractivity contribution < 1.29 is 4.74 Å². The van der Waals surface area contributed by atoms with Crippen molar-refractivity contribution in [3.05, 3.63) is 30.3 Å². The second kappa shape index (κ2) is 5.01. The molecular weight excluding hydrogens is 174 g/mol. The number of benzene rings is 1. The van der Waals surface area contributed by atoms with Gasteiger partial charge in [-0.1, -0.05) is 18.2 Å². The lowest BCUT2D eigenvalue weighted by Crippen LogP contribution is -2.38. The van der Waals surface area contributed by atoms with Crippen molar-refractivity contribution in [3.8, 4) is 5.75 Å². The quantitative estimate of drug-likeness (QED) is 0.739. The van der Waals surface area contributed by atoms with Gasteiger partial charge in [0.25, 0.3) is 0 Å². The molecule has 77 valence electrons. The molecule has 1 rings (SSSR count). The number of rotatable bonds is 4. The van der Waals surface area contributed by atoms with Crippen LogP contribution >= 0.6 is 0 Å². The summed E-state index contributed by atoms with van der Waals surface area (Å²) in [5.41, 5.74) is 0.157. The van der Waals surface area contributed by atoms with E-state index >= 15 is 0 Å². The molecule has 0 fully saturated rings. The zero-order chi connectivity index (χ0) is 10.4. The largest absolute Gasteiger partial charge is 0.492 e. The van der Waals surface area contributed by atoms with Gasteiger partial charge < -0.3 is 10.1 Å². The van der Waals surface area contributed by atoms with Gasteiger partial charge in [-0.2, -0.15) is 0 Å². The standard InChI is InChI=1S/C12H18NO/c1-12(2,3)13-9-10-14-11-7-5-4-6-8-11/h4-7,13H,9-10H2,1-3H3. The summed E-state index contributed by atoms with van der Waals surface area (Å²) in [6.07, 6.45) is 0. The van der Waals surface area contributed by atoms with Gasteiger partial charge in [0.2, 0.25) is 0 Å². The Morgan fingerprint density at radius 3 is 2.71 bits per heavy atom. The highest BCUT2D eigenvalue weighted by atomic mass is 16.5. The summed E-state index contributed by atoms with van der Waals surface area (Å²) in [6, 6.07) is 10.7. The van der Waals surface area contributed by atoms with Crippen molar-refractivity contribution in [1.29, 1.82) is 0 Å². The van der Waals surface area contributed by atoms with E-state index in [1.807, 2.05) is 24.3 Å². The molecule has 1 radical (unpaired) electrons. The van der Waals surface area contributed by atoms with Gasteiger partial charge in [0, 0.05) is 18.2 Å². The summed E-state index contributed by atoms with van der Waals surface area (Å²) in [7, 11) is 0. The first-order valence-electron chi connectivity index (χ1n) is 4.92. The van der Waals surface area contributed by atoms with E-state index in [0.717, 1.165) is 12.3 Å². The van der Waals surface area contributed by atoms with Gasteiger partial charge in [-0.3, -0.25) is 0 Å². The summed E-state index contributed by atoms with van der Waals surface area (Å²) < 4.78 is 5.48. The van der Waals surface area contributed by atoms with Crippen LogP contribution in [0.1, 0.15) is 20.8 Å². The number of nitrogens with one attached hydrogen (secondary N) is 1. The van der Waals surface area contributed by atoms with Crippen LogP contribution in [0.3, 0.4) is 0 Å². The molecule has 0 aliphatic carbocycles. The molecule has 0 amide bonds. The van der Waals surface area contributed by atoms with Crippen molar-refractivity contribution in [3.63, 3.8) is 0 Å². The Morgan fingerprint density at radius 2 is 2.14 bits per heavy atom. The summed E-state index contributed by atoms with van der Waals surface area (Å²) in [4.78, 5) is 0. The molecule has 1 aromatic rings. The van der Waals surface area contributed by atoms with E-state index in [4.69, 9.17) is 4.74 Å². The van der Waals surface area contributed by atoms with Crippen LogP contribution in [0.2, 0.25) is 0 Å². The predicted molar refractivity (Wildman–Crippen MR) is 58.5 cm³/mol. The maximum absolute atomic E-state index is 5.48. The minimum atomic E-state index is 0.157. The van der Waals surface area contributed by atoms with Crippen LogP contribution < -0.4 is 10.1 Å². The van der Waals surface area contributed by atoms with E-state index < -0.39 is 0 Å². The van der Waals surface area contributed by atoms with E-state index in [1.54, 1.807) is 0 Å². The zero-order valence-electron chi connectivity index (χ0n) is 9.13. The van der Waals surface area contributed by atoms with E-state index in [9.17, 15) is 0 Å². The number of ether oxygens (including phenoxy) is 1. The molecule has 14 heavy (non-hydrogen) atoms. The highest BCUT2D eigenvalue weighted by Crippen LogP contribution is 2.06. The molecule has 1 aromatic carbocycles. The molecule has 2 nitrogen and oxygen atoms in total. The molecule has 2 heteroatoms. The average molecular weight is 192 g/mol. The molecule has 0 aliphatic rings. The van der Waals surface area contributed by atoms with Crippen LogP contribution in [-0.4, -0.2) is 18.7 Å². The van der Waals surface area contributed by atoms with Gasteiger partial charge >= 0.3 is 0 Å². The SMILES string of the molecule is CC(C)(C)NCCOc1[c]cccc1. The second-order valence-electron chi connectivity index (χ2n) is 4.25. The predicted octanol–water partition coefficient (Wildman–Crippen LogP) is 2.25. The Labute approximate surface area is 86.3 Å². The average Bonchev–Trinajstić information content (AvgIpc) is 2.13. The molecule has 0 atom stereocenters. The van der Waals surface area contributed by atoms with Gasteiger partial charge in [0.15, 0.2) is 0 Å². The van der Waals surface area contributed by atoms with Crippen LogP contribution in [0.15, 0.2) is 24.3 Å². The Balaban J connectivity index is 2.17. The van der Waals surface area contributed by atoms with Crippen molar-refractivity contribution in [2.75, 3.05) is 13.2 Å². The normalized spacial score (nSPS) is 11.4. The fourth-order valence-corrected chi connectivity index (χ4v) is 1.05. The molecule has 0 aliphatic heterocycles. The highest BCUT2D eigenvalue weighted by Gasteiger charge is 2.07. The summed E-state index contributed by atoms with van der Waals surface area (Å²) in [5.74, 6) is 0.809. The van der Waals surface area contributed by atoms with Crippen LogP contribution in [0, 0.1) is 6.07 Å². The molecular formula is C12H18NO. The summed E-state index contributed by atoms with van der Waals surface area (Å²) in [5, 5.41) is 3.35. The maximum Gasteiger partial charge on any atom is 0.127 e. The smallest absolute Gasteiger partial charge is 0.127 e. The monoisotopic (exact) mass is 192 g/mol. The Morgan fingerprint density at radius 1 is 1.36 bits per heavy atom. The molecule has 0 heterocycles. The minimum absolute atomic E-state index is 0.157. The third-order valence-corrected chi connectivity index (χ3v) is 1.70. The van der Waals surface area contributed by atoms with Crippen LogP contribution in [0.25, 0.3) is 0 Å². The molecule has 0 bridgehead atoms. The fourth-order valence-electron chi connectivity index (χ4n) is 1.05. The lowest BCUT2D eigenvalue weighted by atomic mass is 10.1. The van der Waals surface area contributed by atoms with Crippen molar-refractivity contribution in [1.82, 2.24) is 5.32 Å². The van der Waals surface area contributed by atoms with Gasteiger partial charge in [-0.15, -0.1) is 0 Å². The van der Waals surface area contributed by atoms with Gasteiger partial charge in [0.05, 0.1) is 0 Å². The molecule has 0 aromatic heterocycles. The maximum atomic E-state index is 5.48.